The van der Waals surface area contributed by atoms with E-state index < -0.39 is 11.7 Å². The van der Waals surface area contributed by atoms with Crippen LogP contribution in [-0.4, -0.2) is 49.6 Å². The monoisotopic (exact) mass is 340 g/mol. The molecule has 5 heteroatoms. The highest BCUT2D eigenvalue weighted by molar-refractivity contribution is 5.39. The summed E-state index contributed by atoms with van der Waals surface area (Å²) in [5.41, 5.74) is 1.59. The zero-order valence-corrected chi connectivity index (χ0v) is 14.8. The normalized spacial score (nSPS) is 28.4. The smallest absolute Gasteiger partial charge is 0.305 e. The van der Waals surface area contributed by atoms with Gasteiger partial charge in [0, 0.05) is 12.1 Å². The van der Waals surface area contributed by atoms with Crippen molar-refractivity contribution >= 4 is 0 Å². The van der Waals surface area contributed by atoms with Crippen LogP contribution in [-0.2, 0) is 12.6 Å². The first kappa shape index (κ1) is 17.7. The first-order valence-electron chi connectivity index (χ1n) is 8.77. The summed E-state index contributed by atoms with van der Waals surface area (Å²) in [5, 5.41) is 0. The maximum absolute atomic E-state index is 13.1. The standard InChI is InChI=1S/C19H27F3N2/c1-23(2)18(9-4-10-24(3)13-18)12-15-6-5-14-7-8-16(11-17(14)15)19(20,21)22/h7-8,11,15H,4-6,9-10,12-13H2,1-3H3/t15-,18+/m1/s1. The third kappa shape index (κ3) is 3.33. The molecule has 0 saturated carbocycles. The van der Waals surface area contributed by atoms with E-state index in [1.165, 1.54) is 12.1 Å². The first-order chi connectivity index (χ1) is 11.2. The van der Waals surface area contributed by atoms with Crippen LogP contribution < -0.4 is 0 Å². The van der Waals surface area contributed by atoms with Gasteiger partial charge in [0.25, 0.3) is 0 Å². The molecule has 0 bridgehead atoms. The molecule has 1 saturated heterocycles. The molecule has 1 aromatic rings. The zero-order chi connectivity index (χ0) is 17.5. The van der Waals surface area contributed by atoms with Crippen molar-refractivity contribution in [3.63, 3.8) is 0 Å². The van der Waals surface area contributed by atoms with Crippen molar-refractivity contribution in [3.05, 3.63) is 34.9 Å². The molecule has 2 nitrogen and oxygen atoms in total. The molecule has 0 spiro atoms. The molecule has 2 aliphatic rings. The fourth-order valence-electron chi connectivity index (χ4n) is 4.59. The lowest BCUT2D eigenvalue weighted by atomic mass is 9.78. The topological polar surface area (TPSA) is 6.48 Å². The van der Waals surface area contributed by atoms with E-state index in [0.29, 0.717) is 0 Å². The van der Waals surface area contributed by atoms with E-state index in [2.05, 4.69) is 30.9 Å². The molecule has 0 unspecified atom stereocenters. The Kier molecular flexibility index (Phi) is 4.69. The molecule has 1 aliphatic heterocycles. The molecule has 1 aromatic carbocycles. The first-order valence-corrected chi connectivity index (χ1v) is 8.77. The maximum Gasteiger partial charge on any atom is 0.416 e. The molecule has 0 aromatic heterocycles. The summed E-state index contributed by atoms with van der Waals surface area (Å²) in [6.45, 7) is 2.10. The number of alkyl halides is 3. The Labute approximate surface area is 142 Å². The highest BCUT2D eigenvalue weighted by atomic mass is 19.4. The fraction of sp³-hybridized carbons (Fsp3) is 0.684. The number of hydrogen-bond acceptors (Lipinski definition) is 2. The van der Waals surface area contributed by atoms with Gasteiger partial charge in [-0.2, -0.15) is 13.2 Å². The summed E-state index contributed by atoms with van der Waals surface area (Å²) in [7, 11) is 6.37. The van der Waals surface area contributed by atoms with Crippen LogP contribution in [0.4, 0.5) is 13.2 Å². The van der Waals surface area contributed by atoms with Crippen LogP contribution in [0.15, 0.2) is 18.2 Å². The van der Waals surface area contributed by atoms with Gasteiger partial charge >= 0.3 is 6.18 Å². The van der Waals surface area contributed by atoms with E-state index in [1.54, 1.807) is 6.07 Å². The maximum atomic E-state index is 13.1. The van der Waals surface area contributed by atoms with Gasteiger partial charge in [-0.1, -0.05) is 6.07 Å². The van der Waals surface area contributed by atoms with Crippen LogP contribution in [0.1, 0.15) is 48.3 Å². The van der Waals surface area contributed by atoms with Gasteiger partial charge in [0.2, 0.25) is 0 Å². The zero-order valence-electron chi connectivity index (χ0n) is 14.8. The average Bonchev–Trinajstić information content (AvgIpc) is 2.88. The number of nitrogens with zero attached hydrogens (tertiary/aromatic N) is 2. The molecule has 1 heterocycles. The highest BCUT2D eigenvalue weighted by Gasteiger charge is 2.41. The molecule has 1 aliphatic carbocycles. The SMILES string of the molecule is CN1CCC[C@@](C[C@H]2CCc3ccc(C(F)(F)F)cc32)(N(C)C)C1. The Morgan fingerprint density at radius 2 is 2.04 bits per heavy atom. The second kappa shape index (κ2) is 6.34. The van der Waals surface area contributed by atoms with Crippen molar-refractivity contribution in [3.8, 4) is 0 Å². The number of likely N-dealkylation sites (N-methyl/N-ethyl adjacent to an activating group) is 2. The second-order valence-electron chi connectivity index (χ2n) is 7.81. The van der Waals surface area contributed by atoms with E-state index in [0.717, 1.165) is 56.3 Å². The lowest BCUT2D eigenvalue weighted by Crippen LogP contribution is -2.55. The van der Waals surface area contributed by atoms with Crippen molar-refractivity contribution in [2.75, 3.05) is 34.2 Å². The third-order valence-corrected chi connectivity index (χ3v) is 6.00. The Bertz CT molecular complexity index is 597. The van der Waals surface area contributed by atoms with Crippen molar-refractivity contribution in [2.24, 2.45) is 0 Å². The van der Waals surface area contributed by atoms with Crippen LogP contribution in [0.25, 0.3) is 0 Å². The van der Waals surface area contributed by atoms with E-state index in [1.807, 2.05) is 0 Å². The Morgan fingerprint density at radius 1 is 1.29 bits per heavy atom. The summed E-state index contributed by atoms with van der Waals surface area (Å²) in [6, 6.07) is 4.33. The van der Waals surface area contributed by atoms with Crippen molar-refractivity contribution in [1.82, 2.24) is 9.80 Å². The number of fused-ring (bicyclic) bond motifs is 1. The van der Waals surface area contributed by atoms with Gasteiger partial charge in [0.05, 0.1) is 5.56 Å². The van der Waals surface area contributed by atoms with Crippen LogP contribution >= 0.6 is 0 Å². The number of likely N-dealkylation sites (tertiary alicyclic amines) is 1. The van der Waals surface area contributed by atoms with Crippen LogP contribution in [0, 0.1) is 0 Å². The quantitative estimate of drug-likeness (QED) is 0.815. The number of benzene rings is 1. The van der Waals surface area contributed by atoms with E-state index >= 15 is 0 Å². The summed E-state index contributed by atoms with van der Waals surface area (Å²) in [5.74, 6) is 0.233. The molecule has 0 radical (unpaired) electrons. The van der Waals surface area contributed by atoms with Gasteiger partial charge in [0.15, 0.2) is 0 Å². The van der Waals surface area contributed by atoms with Gasteiger partial charge in [-0.3, -0.25) is 0 Å². The van der Waals surface area contributed by atoms with Crippen LogP contribution in [0.2, 0.25) is 0 Å². The summed E-state index contributed by atoms with van der Waals surface area (Å²) in [4.78, 5) is 4.65. The third-order valence-electron chi connectivity index (χ3n) is 6.00. The van der Waals surface area contributed by atoms with Crippen molar-refractivity contribution < 1.29 is 13.2 Å². The van der Waals surface area contributed by atoms with Gasteiger partial charge in [-0.25, -0.2) is 0 Å². The molecule has 24 heavy (non-hydrogen) atoms. The summed E-state index contributed by atoms with van der Waals surface area (Å²) in [6.07, 6.45) is 0.824. The number of rotatable bonds is 3. The van der Waals surface area contributed by atoms with Gasteiger partial charge < -0.3 is 9.80 Å². The Hall–Kier alpha value is -1.07. The van der Waals surface area contributed by atoms with E-state index in [-0.39, 0.29) is 11.5 Å². The summed E-state index contributed by atoms with van der Waals surface area (Å²) < 4.78 is 39.2. The average molecular weight is 340 g/mol. The predicted molar refractivity (Wildman–Crippen MR) is 90.3 cm³/mol. The molecular weight excluding hydrogens is 313 g/mol. The molecule has 134 valence electrons. The predicted octanol–water partition coefficient (Wildman–Crippen LogP) is 4.15. The lowest BCUT2D eigenvalue weighted by molar-refractivity contribution is -0.137. The van der Waals surface area contributed by atoms with Crippen LogP contribution in [0.3, 0.4) is 0 Å². The molecule has 0 N–H and O–H groups in total. The number of piperidine rings is 1. The van der Waals surface area contributed by atoms with Crippen molar-refractivity contribution in [2.45, 2.75) is 49.7 Å². The Balaban J connectivity index is 1.87. The summed E-state index contributed by atoms with van der Waals surface area (Å²) >= 11 is 0. The van der Waals surface area contributed by atoms with Gasteiger partial charge in [-0.15, -0.1) is 0 Å². The minimum Gasteiger partial charge on any atom is -0.305 e. The largest absolute Gasteiger partial charge is 0.416 e. The molecular formula is C19H27F3N2. The minimum absolute atomic E-state index is 0.0630. The molecule has 0 amide bonds. The minimum atomic E-state index is -4.26. The fourth-order valence-corrected chi connectivity index (χ4v) is 4.59. The Morgan fingerprint density at radius 3 is 2.67 bits per heavy atom. The van der Waals surface area contributed by atoms with Crippen molar-refractivity contribution in [1.29, 1.82) is 0 Å². The molecule has 1 fully saturated rings. The highest BCUT2D eigenvalue weighted by Crippen LogP contribution is 2.44. The molecule has 2 atom stereocenters. The van der Waals surface area contributed by atoms with Crippen LogP contribution in [0.5, 0.6) is 0 Å². The van der Waals surface area contributed by atoms with E-state index in [4.69, 9.17) is 0 Å². The van der Waals surface area contributed by atoms with Gasteiger partial charge in [0.1, 0.15) is 0 Å². The lowest BCUT2D eigenvalue weighted by Gasteiger charge is -2.47. The number of aryl methyl sites for hydroxylation is 1. The second-order valence-corrected chi connectivity index (χ2v) is 7.81. The van der Waals surface area contributed by atoms with E-state index in [9.17, 15) is 13.2 Å². The number of hydrogen-bond donors (Lipinski definition) is 0. The van der Waals surface area contributed by atoms with Gasteiger partial charge in [-0.05, 0) is 89.0 Å². The number of halogens is 3. The molecule has 3 rings (SSSR count).